The Morgan fingerprint density at radius 1 is 1.19 bits per heavy atom. The highest BCUT2D eigenvalue weighted by Crippen LogP contribution is 2.22. The van der Waals surface area contributed by atoms with Gasteiger partial charge >= 0.3 is 0 Å². The number of ether oxygens (including phenoxy) is 1. The molecular weight excluding hydrogens is 338 g/mol. The van der Waals surface area contributed by atoms with Crippen molar-refractivity contribution in [3.63, 3.8) is 0 Å². The summed E-state index contributed by atoms with van der Waals surface area (Å²) in [6, 6.07) is 13.6. The Morgan fingerprint density at radius 2 is 1.93 bits per heavy atom. The van der Waals surface area contributed by atoms with E-state index in [-0.39, 0.29) is 0 Å². The van der Waals surface area contributed by atoms with Crippen LogP contribution in [0.5, 0.6) is 5.75 Å². The summed E-state index contributed by atoms with van der Waals surface area (Å²) in [7, 11) is 0. The van der Waals surface area contributed by atoms with Crippen molar-refractivity contribution in [3.05, 3.63) is 59.4 Å². The van der Waals surface area contributed by atoms with Crippen molar-refractivity contribution in [2.45, 2.75) is 40.2 Å². The van der Waals surface area contributed by atoms with E-state index >= 15 is 0 Å². The Hall–Kier alpha value is -2.82. The van der Waals surface area contributed by atoms with Gasteiger partial charge in [-0.3, -0.25) is 4.79 Å². The number of amides is 1. The van der Waals surface area contributed by atoms with Crippen molar-refractivity contribution in [1.82, 2.24) is 9.55 Å². The highest BCUT2D eigenvalue weighted by Gasteiger charge is 2.14. The molecule has 3 aromatic rings. The molecule has 0 fully saturated rings. The number of hydrogen-bond acceptors (Lipinski definition) is 3. The van der Waals surface area contributed by atoms with Gasteiger partial charge in [0.25, 0.3) is 0 Å². The molecule has 0 radical (unpaired) electrons. The van der Waals surface area contributed by atoms with Gasteiger partial charge in [0.15, 0.2) is 0 Å². The molecule has 0 unspecified atom stereocenters. The first-order valence-corrected chi connectivity index (χ1v) is 9.48. The number of rotatable bonds is 8. The molecule has 3 rings (SSSR count). The van der Waals surface area contributed by atoms with E-state index in [1.807, 2.05) is 25.1 Å². The highest BCUT2D eigenvalue weighted by atomic mass is 16.5. The van der Waals surface area contributed by atoms with E-state index in [0.717, 1.165) is 42.0 Å². The molecule has 27 heavy (non-hydrogen) atoms. The lowest BCUT2D eigenvalue weighted by molar-refractivity contribution is 0.100. The standard InChI is InChI=1S/C22H27N3O2/c1-4-27-18-8-5-16(6-9-18)13-21-24-19-14-17(22(23)26)7-10-20(19)25(21)12-11-15(2)3/h5-10,14-15H,4,11-13H2,1-3H3,(H2,23,26). The molecule has 1 aromatic heterocycles. The van der Waals surface area contributed by atoms with Crippen molar-refractivity contribution < 1.29 is 9.53 Å². The van der Waals surface area contributed by atoms with Crippen molar-refractivity contribution in [2.75, 3.05) is 6.61 Å². The molecule has 142 valence electrons. The first-order valence-electron chi connectivity index (χ1n) is 9.48. The average molecular weight is 365 g/mol. The molecule has 0 saturated carbocycles. The van der Waals surface area contributed by atoms with E-state index in [1.54, 1.807) is 12.1 Å². The SMILES string of the molecule is CCOc1ccc(Cc2nc3cc(C(N)=O)ccc3n2CCC(C)C)cc1. The summed E-state index contributed by atoms with van der Waals surface area (Å²) >= 11 is 0. The van der Waals surface area contributed by atoms with Gasteiger partial charge in [0, 0.05) is 18.5 Å². The first kappa shape index (κ1) is 19.0. The van der Waals surface area contributed by atoms with Crippen LogP contribution in [0.3, 0.4) is 0 Å². The second-order valence-corrected chi connectivity index (χ2v) is 7.18. The minimum atomic E-state index is -0.429. The van der Waals surface area contributed by atoms with Crippen LogP contribution in [-0.4, -0.2) is 22.1 Å². The van der Waals surface area contributed by atoms with Gasteiger partial charge in [0.05, 0.1) is 17.6 Å². The van der Waals surface area contributed by atoms with Crippen LogP contribution in [0.2, 0.25) is 0 Å². The number of aryl methyl sites for hydroxylation is 1. The maximum absolute atomic E-state index is 11.5. The van der Waals surface area contributed by atoms with Crippen LogP contribution in [0.15, 0.2) is 42.5 Å². The minimum Gasteiger partial charge on any atom is -0.494 e. The fourth-order valence-electron chi connectivity index (χ4n) is 3.16. The van der Waals surface area contributed by atoms with Crippen molar-refractivity contribution in [2.24, 2.45) is 11.7 Å². The number of imidazole rings is 1. The van der Waals surface area contributed by atoms with Crippen LogP contribution in [0.4, 0.5) is 0 Å². The van der Waals surface area contributed by atoms with Crippen LogP contribution in [-0.2, 0) is 13.0 Å². The molecule has 0 saturated heterocycles. The number of carbonyl (C=O) groups is 1. The summed E-state index contributed by atoms with van der Waals surface area (Å²) in [5, 5.41) is 0. The molecule has 1 amide bonds. The molecule has 0 bridgehead atoms. The van der Waals surface area contributed by atoms with E-state index in [0.29, 0.717) is 18.1 Å². The van der Waals surface area contributed by atoms with E-state index in [9.17, 15) is 4.79 Å². The minimum absolute atomic E-state index is 0.429. The Balaban J connectivity index is 1.95. The van der Waals surface area contributed by atoms with E-state index in [4.69, 9.17) is 15.5 Å². The molecule has 0 atom stereocenters. The van der Waals surface area contributed by atoms with Gasteiger partial charge in [0.1, 0.15) is 11.6 Å². The maximum Gasteiger partial charge on any atom is 0.248 e. The van der Waals surface area contributed by atoms with Gasteiger partial charge in [-0.2, -0.15) is 0 Å². The summed E-state index contributed by atoms with van der Waals surface area (Å²) in [6.45, 7) is 7.97. The molecular formula is C22H27N3O2. The molecule has 1 heterocycles. The fourth-order valence-corrected chi connectivity index (χ4v) is 3.16. The summed E-state index contributed by atoms with van der Waals surface area (Å²) < 4.78 is 7.78. The van der Waals surface area contributed by atoms with Gasteiger partial charge in [-0.1, -0.05) is 26.0 Å². The number of nitrogens with two attached hydrogens (primary N) is 1. The third-order valence-corrected chi connectivity index (χ3v) is 4.64. The molecule has 0 aliphatic heterocycles. The van der Waals surface area contributed by atoms with Gasteiger partial charge in [-0.05, 0) is 55.2 Å². The highest BCUT2D eigenvalue weighted by molar-refractivity contribution is 5.96. The van der Waals surface area contributed by atoms with Crippen LogP contribution >= 0.6 is 0 Å². The van der Waals surface area contributed by atoms with Gasteiger partial charge in [0.2, 0.25) is 5.91 Å². The van der Waals surface area contributed by atoms with Gasteiger partial charge in [-0.25, -0.2) is 4.98 Å². The molecule has 5 nitrogen and oxygen atoms in total. The lowest BCUT2D eigenvalue weighted by Crippen LogP contribution is -2.10. The molecule has 0 aliphatic rings. The number of hydrogen-bond donors (Lipinski definition) is 1. The number of benzene rings is 2. The molecule has 2 N–H and O–H groups in total. The number of fused-ring (bicyclic) bond motifs is 1. The Labute approximate surface area is 160 Å². The average Bonchev–Trinajstić information content (AvgIpc) is 2.98. The van der Waals surface area contributed by atoms with Gasteiger partial charge < -0.3 is 15.0 Å². The Morgan fingerprint density at radius 3 is 2.56 bits per heavy atom. The lowest BCUT2D eigenvalue weighted by atomic mass is 10.1. The third kappa shape index (κ3) is 4.48. The summed E-state index contributed by atoms with van der Waals surface area (Å²) in [5.41, 5.74) is 8.95. The van der Waals surface area contributed by atoms with E-state index in [2.05, 4.69) is 30.5 Å². The zero-order chi connectivity index (χ0) is 19.4. The van der Waals surface area contributed by atoms with Crippen molar-refractivity contribution in [1.29, 1.82) is 0 Å². The van der Waals surface area contributed by atoms with Crippen molar-refractivity contribution >= 4 is 16.9 Å². The molecule has 0 spiro atoms. The number of carbonyl (C=O) groups excluding carboxylic acids is 1. The van der Waals surface area contributed by atoms with E-state index < -0.39 is 5.91 Å². The normalized spacial score (nSPS) is 11.3. The second-order valence-electron chi connectivity index (χ2n) is 7.18. The fraction of sp³-hybridized carbons (Fsp3) is 0.364. The monoisotopic (exact) mass is 365 g/mol. The zero-order valence-corrected chi connectivity index (χ0v) is 16.2. The predicted octanol–water partition coefficient (Wildman–Crippen LogP) is 4.17. The summed E-state index contributed by atoms with van der Waals surface area (Å²) in [6.07, 6.45) is 1.80. The molecule has 0 aliphatic carbocycles. The number of aromatic nitrogens is 2. The van der Waals surface area contributed by atoms with Crippen LogP contribution in [0, 0.1) is 5.92 Å². The summed E-state index contributed by atoms with van der Waals surface area (Å²) in [5.74, 6) is 2.05. The van der Waals surface area contributed by atoms with Crippen LogP contribution < -0.4 is 10.5 Å². The van der Waals surface area contributed by atoms with Gasteiger partial charge in [-0.15, -0.1) is 0 Å². The topological polar surface area (TPSA) is 70.1 Å². The smallest absolute Gasteiger partial charge is 0.248 e. The Bertz CT molecular complexity index is 927. The number of primary amides is 1. The molecule has 5 heteroatoms. The zero-order valence-electron chi connectivity index (χ0n) is 16.2. The maximum atomic E-state index is 11.5. The summed E-state index contributed by atoms with van der Waals surface area (Å²) in [4.78, 5) is 16.3. The van der Waals surface area contributed by atoms with Crippen molar-refractivity contribution in [3.8, 4) is 5.75 Å². The second kappa shape index (κ2) is 8.25. The number of nitrogens with zero attached hydrogens (tertiary/aromatic N) is 2. The largest absolute Gasteiger partial charge is 0.494 e. The lowest BCUT2D eigenvalue weighted by Gasteiger charge is -2.11. The van der Waals surface area contributed by atoms with Crippen LogP contribution in [0.1, 0.15) is 48.9 Å². The Kier molecular flexibility index (Phi) is 5.79. The van der Waals surface area contributed by atoms with E-state index in [1.165, 1.54) is 5.56 Å². The molecule has 2 aromatic carbocycles. The third-order valence-electron chi connectivity index (χ3n) is 4.64. The first-order chi connectivity index (χ1) is 13.0. The van der Waals surface area contributed by atoms with Crippen LogP contribution in [0.25, 0.3) is 11.0 Å². The predicted molar refractivity (Wildman–Crippen MR) is 108 cm³/mol. The quantitative estimate of drug-likeness (QED) is 0.651.